The van der Waals surface area contributed by atoms with E-state index in [4.69, 9.17) is 4.74 Å². The van der Waals surface area contributed by atoms with Crippen LogP contribution in [0.1, 0.15) is 27.2 Å². The second-order valence-corrected chi connectivity index (χ2v) is 9.52. The zero-order valence-corrected chi connectivity index (χ0v) is 18.8. The molecule has 2 heterocycles. The van der Waals surface area contributed by atoms with Crippen LogP contribution in [0.4, 0.5) is 0 Å². The molecule has 8 heteroatoms. The van der Waals surface area contributed by atoms with Gasteiger partial charge in [0, 0.05) is 29.8 Å². The summed E-state index contributed by atoms with van der Waals surface area (Å²) in [6.07, 6.45) is 3.35. The lowest BCUT2D eigenvalue weighted by molar-refractivity contribution is 0.0946. The molecule has 0 spiro atoms. The van der Waals surface area contributed by atoms with Crippen molar-refractivity contribution in [1.29, 1.82) is 0 Å². The van der Waals surface area contributed by atoms with Crippen LogP contribution in [-0.2, 0) is 16.4 Å². The molecule has 0 saturated heterocycles. The third-order valence-corrected chi connectivity index (χ3v) is 7.05. The molecule has 4 aromatic rings. The van der Waals surface area contributed by atoms with Crippen molar-refractivity contribution in [3.8, 4) is 5.75 Å². The summed E-state index contributed by atoms with van der Waals surface area (Å²) >= 11 is 0. The summed E-state index contributed by atoms with van der Waals surface area (Å²) < 4.78 is 31.5. The molecule has 2 aromatic carbocycles. The van der Waals surface area contributed by atoms with E-state index in [1.807, 2.05) is 13.8 Å². The molecule has 0 bridgehead atoms. The summed E-state index contributed by atoms with van der Waals surface area (Å²) in [4.78, 5) is 20.0. The average molecular weight is 450 g/mol. The molecule has 1 amide bonds. The predicted octanol–water partition coefficient (Wildman–Crippen LogP) is 3.95. The van der Waals surface area contributed by atoms with Gasteiger partial charge in [-0.25, -0.2) is 8.42 Å². The number of sulfone groups is 1. The lowest BCUT2D eigenvalue weighted by Crippen LogP contribution is -2.23. The molecule has 0 aliphatic carbocycles. The van der Waals surface area contributed by atoms with Gasteiger partial charge >= 0.3 is 0 Å². The van der Waals surface area contributed by atoms with Crippen molar-refractivity contribution in [2.75, 3.05) is 7.11 Å². The SMILES string of the molecule is COc1c(C)cc(S(=O)(=O)c2ccc(CNC(=O)c3cc4cnccc4[nH]3)cc2)cc1C. The fourth-order valence-corrected chi connectivity index (χ4v) is 5.11. The number of fused-ring (bicyclic) bond motifs is 1. The fraction of sp³-hybridized carbons (Fsp3) is 0.167. The number of H-pyrrole nitrogens is 1. The molecule has 0 aliphatic heterocycles. The third-order valence-electron chi connectivity index (χ3n) is 5.30. The molecule has 0 fully saturated rings. The summed E-state index contributed by atoms with van der Waals surface area (Å²) in [5, 5.41) is 3.70. The normalized spacial score (nSPS) is 11.5. The Morgan fingerprint density at radius 2 is 1.72 bits per heavy atom. The number of nitrogens with zero attached hydrogens (tertiary/aromatic N) is 1. The van der Waals surface area contributed by atoms with Crippen LogP contribution in [0.2, 0.25) is 0 Å². The second-order valence-electron chi connectivity index (χ2n) is 7.57. The highest BCUT2D eigenvalue weighted by atomic mass is 32.2. The van der Waals surface area contributed by atoms with Crippen LogP contribution in [0.25, 0.3) is 10.9 Å². The number of ether oxygens (including phenoxy) is 1. The predicted molar refractivity (Wildman–Crippen MR) is 122 cm³/mol. The summed E-state index contributed by atoms with van der Waals surface area (Å²) in [5.74, 6) is 0.434. The van der Waals surface area contributed by atoms with Gasteiger partial charge in [-0.1, -0.05) is 12.1 Å². The van der Waals surface area contributed by atoms with Crippen LogP contribution >= 0.6 is 0 Å². The average Bonchev–Trinajstić information content (AvgIpc) is 3.22. The molecule has 0 atom stereocenters. The van der Waals surface area contributed by atoms with Crippen LogP contribution in [0.15, 0.2) is 70.7 Å². The number of carbonyl (C=O) groups is 1. The maximum absolute atomic E-state index is 13.1. The van der Waals surface area contributed by atoms with Crippen LogP contribution < -0.4 is 10.1 Å². The van der Waals surface area contributed by atoms with E-state index in [1.165, 1.54) is 0 Å². The zero-order valence-electron chi connectivity index (χ0n) is 18.0. The number of hydrogen-bond acceptors (Lipinski definition) is 5. The van der Waals surface area contributed by atoms with Crippen molar-refractivity contribution >= 4 is 26.6 Å². The minimum Gasteiger partial charge on any atom is -0.496 e. The third kappa shape index (κ3) is 4.09. The van der Waals surface area contributed by atoms with E-state index >= 15 is 0 Å². The highest BCUT2D eigenvalue weighted by Gasteiger charge is 2.20. The zero-order chi connectivity index (χ0) is 22.9. The molecule has 2 aromatic heterocycles. The lowest BCUT2D eigenvalue weighted by atomic mass is 10.1. The maximum atomic E-state index is 13.1. The van der Waals surface area contributed by atoms with Gasteiger partial charge in [0.15, 0.2) is 0 Å². The molecular formula is C24H23N3O4S. The van der Waals surface area contributed by atoms with Crippen molar-refractivity contribution in [1.82, 2.24) is 15.3 Å². The van der Waals surface area contributed by atoms with Crippen molar-refractivity contribution < 1.29 is 17.9 Å². The number of methoxy groups -OCH3 is 1. The number of aryl methyl sites for hydroxylation is 2. The van der Waals surface area contributed by atoms with Gasteiger partial charge in [0.1, 0.15) is 11.4 Å². The molecule has 0 saturated carbocycles. The van der Waals surface area contributed by atoms with Gasteiger partial charge in [0.05, 0.1) is 16.9 Å². The number of aromatic nitrogens is 2. The van der Waals surface area contributed by atoms with Crippen LogP contribution in [0.3, 0.4) is 0 Å². The van der Waals surface area contributed by atoms with E-state index in [0.29, 0.717) is 11.4 Å². The van der Waals surface area contributed by atoms with Crippen molar-refractivity contribution in [3.05, 3.63) is 83.3 Å². The minimum absolute atomic E-state index is 0.194. The Morgan fingerprint density at radius 3 is 2.34 bits per heavy atom. The van der Waals surface area contributed by atoms with Crippen LogP contribution in [0.5, 0.6) is 5.75 Å². The highest BCUT2D eigenvalue weighted by molar-refractivity contribution is 7.91. The number of pyridine rings is 1. The molecule has 0 radical (unpaired) electrons. The van der Waals surface area contributed by atoms with Crippen LogP contribution in [0, 0.1) is 13.8 Å². The summed E-state index contributed by atoms with van der Waals surface area (Å²) in [5.41, 5.74) is 3.59. The van der Waals surface area contributed by atoms with E-state index in [1.54, 1.807) is 68.0 Å². The number of carbonyl (C=O) groups excluding carboxylic acids is 1. The molecule has 0 aliphatic rings. The van der Waals surface area contributed by atoms with Gasteiger partial charge in [0.2, 0.25) is 9.84 Å². The summed E-state index contributed by atoms with van der Waals surface area (Å²) in [7, 11) is -2.10. The van der Waals surface area contributed by atoms with Gasteiger partial charge in [-0.05, 0) is 66.9 Å². The summed E-state index contributed by atoms with van der Waals surface area (Å²) in [6.45, 7) is 3.91. The van der Waals surface area contributed by atoms with Gasteiger partial charge in [0.25, 0.3) is 5.91 Å². The van der Waals surface area contributed by atoms with E-state index in [2.05, 4.69) is 15.3 Å². The van der Waals surface area contributed by atoms with Crippen molar-refractivity contribution in [3.63, 3.8) is 0 Å². The molecule has 7 nitrogen and oxygen atoms in total. The minimum atomic E-state index is -3.67. The second kappa shape index (κ2) is 8.47. The van der Waals surface area contributed by atoms with Gasteiger partial charge in [-0.3, -0.25) is 9.78 Å². The first kappa shape index (κ1) is 21.6. The van der Waals surface area contributed by atoms with E-state index < -0.39 is 9.84 Å². The summed E-state index contributed by atoms with van der Waals surface area (Å²) in [6, 6.07) is 13.3. The van der Waals surface area contributed by atoms with Crippen LogP contribution in [-0.4, -0.2) is 31.4 Å². The molecule has 2 N–H and O–H groups in total. The topological polar surface area (TPSA) is 101 Å². The molecular weight excluding hydrogens is 426 g/mol. The number of amides is 1. The van der Waals surface area contributed by atoms with E-state index in [0.717, 1.165) is 27.6 Å². The Balaban J connectivity index is 1.48. The number of hydrogen-bond donors (Lipinski definition) is 2. The Hall–Kier alpha value is -3.65. The van der Waals surface area contributed by atoms with Crippen molar-refractivity contribution in [2.45, 2.75) is 30.2 Å². The monoisotopic (exact) mass is 449 g/mol. The highest BCUT2D eigenvalue weighted by Crippen LogP contribution is 2.29. The largest absolute Gasteiger partial charge is 0.496 e. The van der Waals surface area contributed by atoms with Crippen molar-refractivity contribution in [2.24, 2.45) is 0 Å². The maximum Gasteiger partial charge on any atom is 0.267 e. The number of nitrogens with one attached hydrogen (secondary N) is 2. The molecule has 4 rings (SSSR count). The smallest absolute Gasteiger partial charge is 0.267 e. The number of benzene rings is 2. The fourth-order valence-electron chi connectivity index (χ4n) is 3.68. The Morgan fingerprint density at radius 1 is 1.03 bits per heavy atom. The molecule has 164 valence electrons. The number of aromatic amines is 1. The number of rotatable bonds is 6. The van der Waals surface area contributed by atoms with Gasteiger partial charge < -0.3 is 15.0 Å². The Bertz CT molecular complexity index is 1350. The van der Waals surface area contributed by atoms with Gasteiger partial charge in [-0.2, -0.15) is 0 Å². The Labute approximate surface area is 186 Å². The van der Waals surface area contributed by atoms with Gasteiger partial charge in [-0.15, -0.1) is 0 Å². The first-order valence-electron chi connectivity index (χ1n) is 10.00. The van der Waals surface area contributed by atoms with E-state index in [-0.39, 0.29) is 22.2 Å². The quantitative estimate of drug-likeness (QED) is 0.464. The first-order valence-corrected chi connectivity index (χ1v) is 11.5. The molecule has 32 heavy (non-hydrogen) atoms. The lowest BCUT2D eigenvalue weighted by Gasteiger charge is -2.12. The first-order chi connectivity index (χ1) is 15.3. The Kier molecular flexibility index (Phi) is 5.71. The standard InChI is InChI=1S/C24H23N3O4S/c1-15-10-20(11-16(2)23(15)31-3)32(29,30)19-6-4-17(5-7-19)13-26-24(28)22-12-18-14-25-9-8-21(18)27-22/h4-12,14,27H,13H2,1-3H3,(H,26,28). The molecule has 0 unspecified atom stereocenters. The van der Waals surface area contributed by atoms with E-state index in [9.17, 15) is 13.2 Å².